The Bertz CT molecular complexity index is 449. The van der Waals surface area contributed by atoms with Gasteiger partial charge in [0.2, 0.25) is 0 Å². The summed E-state index contributed by atoms with van der Waals surface area (Å²) >= 11 is 0. The zero-order valence-corrected chi connectivity index (χ0v) is 10.1. The van der Waals surface area contributed by atoms with Crippen molar-refractivity contribution in [1.82, 2.24) is 0 Å². The Morgan fingerprint density at radius 1 is 0.765 bits per heavy atom. The van der Waals surface area contributed by atoms with Gasteiger partial charge in [-0.15, -0.1) is 0 Å². The molecule has 2 rings (SSSR count). The van der Waals surface area contributed by atoms with Crippen LogP contribution in [0.2, 0.25) is 0 Å². The van der Waals surface area contributed by atoms with Crippen LogP contribution in [0.3, 0.4) is 0 Å². The molecule has 0 aliphatic rings. The summed E-state index contributed by atoms with van der Waals surface area (Å²) in [6.07, 6.45) is 0. The van der Waals surface area contributed by atoms with Crippen LogP contribution in [-0.4, -0.2) is 0 Å². The second kappa shape index (κ2) is 5.02. The van der Waals surface area contributed by atoms with Crippen molar-refractivity contribution in [3.63, 3.8) is 0 Å². The molecule has 0 amide bonds. The Hall–Kier alpha value is -1.80. The lowest BCUT2D eigenvalue weighted by Gasteiger charge is -2.23. The minimum absolute atomic E-state index is 0.475. The summed E-state index contributed by atoms with van der Waals surface area (Å²) in [7, 11) is 0. The lowest BCUT2D eigenvalue weighted by molar-refractivity contribution is -0.286. The van der Waals surface area contributed by atoms with Crippen molar-refractivity contribution in [1.29, 1.82) is 0 Å². The van der Waals surface area contributed by atoms with Gasteiger partial charge in [0, 0.05) is 0 Å². The van der Waals surface area contributed by atoms with E-state index in [9.17, 15) is 0 Å². The molecule has 0 spiro atoms. The summed E-state index contributed by atoms with van der Waals surface area (Å²) in [5, 5.41) is 0. The first-order valence-electron chi connectivity index (χ1n) is 5.65. The maximum atomic E-state index is 5.50. The fourth-order valence-electron chi connectivity index (χ4n) is 1.52. The molecule has 0 aliphatic heterocycles. The fourth-order valence-corrected chi connectivity index (χ4v) is 1.52. The third-order valence-electron chi connectivity index (χ3n) is 2.56. The molecule has 0 aromatic heterocycles. The molecule has 0 unspecified atom stereocenters. The van der Waals surface area contributed by atoms with Gasteiger partial charge in [0.25, 0.3) is 0 Å². The van der Waals surface area contributed by atoms with E-state index in [-0.39, 0.29) is 0 Å². The van der Waals surface area contributed by atoms with Gasteiger partial charge in [-0.05, 0) is 31.5 Å². The molecule has 2 aromatic carbocycles. The minimum Gasteiger partial charge on any atom is -0.337 e. The molecule has 0 fully saturated rings. The number of hydrogen-bond donors (Lipinski definition) is 0. The monoisotopic (exact) mass is 228 g/mol. The number of rotatable bonds is 4. The van der Waals surface area contributed by atoms with E-state index in [0.29, 0.717) is 5.75 Å². The van der Waals surface area contributed by atoms with Crippen molar-refractivity contribution in [2.75, 3.05) is 0 Å². The van der Waals surface area contributed by atoms with Gasteiger partial charge in [-0.1, -0.05) is 48.5 Å². The van der Waals surface area contributed by atoms with Gasteiger partial charge in [-0.2, -0.15) is 4.89 Å². The van der Waals surface area contributed by atoms with Crippen LogP contribution in [0.25, 0.3) is 0 Å². The van der Waals surface area contributed by atoms with Crippen LogP contribution < -0.4 is 4.89 Å². The lowest BCUT2D eigenvalue weighted by Crippen LogP contribution is -2.23. The van der Waals surface area contributed by atoms with Gasteiger partial charge >= 0.3 is 0 Å². The summed E-state index contributed by atoms with van der Waals surface area (Å²) in [5.41, 5.74) is 0.604. The number of benzene rings is 2. The number of hydrogen-bond acceptors (Lipinski definition) is 2. The molecule has 0 saturated carbocycles. The summed E-state index contributed by atoms with van der Waals surface area (Å²) in [6.45, 7) is 3.95. The third-order valence-corrected chi connectivity index (χ3v) is 2.56. The largest absolute Gasteiger partial charge is 0.337 e. The maximum absolute atomic E-state index is 5.50. The van der Waals surface area contributed by atoms with Crippen LogP contribution >= 0.6 is 0 Å². The lowest BCUT2D eigenvalue weighted by atomic mass is 9.99. The highest BCUT2D eigenvalue weighted by Gasteiger charge is 2.23. The summed E-state index contributed by atoms with van der Waals surface area (Å²) in [6, 6.07) is 19.5. The average Bonchev–Trinajstić information content (AvgIpc) is 2.39. The molecule has 2 nitrogen and oxygen atoms in total. The smallest absolute Gasteiger partial charge is 0.165 e. The molecule has 88 valence electrons. The normalized spacial score (nSPS) is 11.2. The van der Waals surface area contributed by atoms with E-state index in [4.69, 9.17) is 9.78 Å². The maximum Gasteiger partial charge on any atom is 0.165 e. The molecule has 0 saturated heterocycles. The average molecular weight is 228 g/mol. The summed E-state index contributed by atoms with van der Waals surface area (Å²) < 4.78 is 0. The molecule has 0 bridgehead atoms. The van der Waals surface area contributed by atoms with Crippen molar-refractivity contribution < 1.29 is 9.78 Å². The van der Waals surface area contributed by atoms with Crippen LogP contribution in [0, 0.1) is 0 Å². The molecule has 0 N–H and O–H groups in total. The Morgan fingerprint density at radius 2 is 1.29 bits per heavy atom. The van der Waals surface area contributed by atoms with Crippen LogP contribution in [0.4, 0.5) is 0 Å². The van der Waals surface area contributed by atoms with Crippen LogP contribution in [-0.2, 0) is 10.5 Å². The van der Waals surface area contributed by atoms with Crippen LogP contribution in [0.1, 0.15) is 19.4 Å². The van der Waals surface area contributed by atoms with Crippen LogP contribution in [0.5, 0.6) is 5.75 Å². The molecular weight excluding hydrogens is 212 g/mol. The standard InChI is InChI=1S/C15H16O2/c1-15(2,13-9-5-3-6-10-13)17-16-14-11-7-4-8-12-14/h3-12H,1-2H3. The zero-order valence-electron chi connectivity index (χ0n) is 10.1. The van der Waals surface area contributed by atoms with Gasteiger partial charge in [0.1, 0.15) is 5.60 Å². The summed E-state index contributed by atoms with van der Waals surface area (Å²) in [4.78, 5) is 10.8. The van der Waals surface area contributed by atoms with E-state index in [1.165, 1.54) is 0 Å². The van der Waals surface area contributed by atoms with Crippen molar-refractivity contribution >= 4 is 0 Å². The first-order chi connectivity index (χ1) is 8.18. The fraction of sp³-hybridized carbons (Fsp3) is 0.200. The number of para-hydroxylation sites is 1. The van der Waals surface area contributed by atoms with E-state index < -0.39 is 5.60 Å². The predicted octanol–water partition coefficient (Wildman–Crippen LogP) is 3.93. The van der Waals surface area contributed by atoms with Gasteiger partial charge in [0.05, 0.1) is 0 Å². The SMILES string of the molecule is CC(C)(OOc1ccccc1)c1ccccc1. The van der Waals surface area contributed by atoms with Gasteiger partial charge in [-0.25, -0.2) is 0 Å². The first kappa shape index (κ1) is 11.7. The van der Waals surface area contributed by atoms with E-state index in [0.717, 1.165) is 5.56 Å². The molecule has 0 heterocycles. The van der Waals surface area contributed by atoms with Crippen molar-refractivity contribution in [2.24, 2.45) is 0 Å². The second-order valence-electron chi connectivity index (χ2n) is 4.36. The van der Waals surface area contributed by atoms with E-state index in [1.807, 2.05) is 74.5 Å². The zero-order chi connectivity index (χ0) is 12.1. The highest BCUT2D eigenvalue weighted by Crippen LogP contribution is 2.25. The van der Waals surface area contributed by atoms with Crippen molar-refractivity contribution in [3.05, 3.63) is 66.2 Å². The van der Waals surface area contributed by atoms with E-state index in [2.05, 4.69) is 0 Å². The molecule has 0 aliphatic carbocycles. The molecule has 2 heteroatoms. The van der Waals surface area contributed by atoms with Gasteiger partial charge in [-0.3, -0.25) is 0 Å². The van der Waals surface area contributed by atoms with Gasteiger partial charge in [0.15, 0.2) is 5.75 Å². The first-order valence-corrected chi connectivity index (χ1v) is 5.65. The highest BCUT2D eigenvalue weighted by molar-refractivity contribution is 5.22. The Balaban J connectivity index is 2.03. The Labute approximate surface area is 102 Å². The molecule has 0 atom stereocenters. The molecule has 2 aromatic rings. The van der Waals surface area contributed by atoms with E-state index in [1.54, 1.807) is 0 Å². The minimum atomic E-state index is -0.475. The Morgan fingerprint density at radius 3 is 1.88 bits per heavy atom. The van der Waals surface area contributed by atoms with Crippen molar-refractivity contribution in [3.8, 4) is 5.75 Å². The second-order valence-corrected chi connectivity index (χ2v) is 4.36. The summed E-state index contributed by atoms with van der Waals surface area (Å²) in [5.74, 6) is 0.705. The predicted molar refractivity (Wildman–Crippen MR) is 67.6 cm³/mol. The van der Waals surface area contributed by atoms with E-state index >= 15 is 0 Å². The van der Waals surface area contributed by atoms with Crippen LogP contribution in [0.15, 0.2) is 60.7 Å². The Kier molecular flexibility index (Phi) is 3.45. The quantitative estimate of drug-likeness (QED) is 0.583. The molecule has 17 heavy (non-hydrogen) atoms. The topological polar surface area (TPSA) is 18.5 Å². The van der Waals surface area contributed by atoms with Gasteiger partial charge < -0.3 is 4.89 Å². The molecular formula is C15H16O2. The third kappa shape index (κ3) is 3.08. The molecule has 0 radical (unpaired) electrons. The van der Waals surface area contributed by atoms with Crippen molar-refractivity contribution in [2.45, 2.75) is 19.4 Å². The highest BCUT2D eigenvalue weighted by atomic mass is 17.2.